The van der Waals surface area contributed by atoms with Gasteiger partial charge in [0.15, 0.2) is 5.82 Å². The van der Waals surface area contributed by atoms with Gasteiger partial charge in [-0.2, -0.15) is 0 Å². The number of benzene rings is 1. The number of rotatable bonds is 3. The monoisotopic (exact) mass is 332 g/mol. The number of ketones is 1. The summed E-state index contributed by atoms with van der Waals surface area (Å²) in [4.78, 5) is 12.2. The summed E-state index contributed by atoms with van der Waals surface area (Å²) in [5, 5.41) is 1.60. The zero-order valence-corrected chi connectivity index (χ0v) is 11.6. The fraction of sp³-hybridized carbons (Fsp3) is 0.0833. The zero-order chi connectivity index (χ0) is 13.3. The molecule has 1 heterocycles. The fourth-order valence-electron chi connectivity index (χ4n) is 1.40. The largest absolute Gasteiger partial charge is 0.496 e. The molecule has 2 nitrogen and oxygen atoms in total. The molecule has 18 heavy (non-hydrogen) atoms. The smallest absolute Gasteiger partial charge is 0.209 e. The van der Waals surface area contributed by atoms with Crippen molar-refractivity contribution in [1.29, 1.82) is 0 Å². The third kappa shape index (κ3) is 2.30. The number of ether oxygens (including phenoxy) is 1. The second-order valence-corrected chi connectivity index (χ2v) is 5.16. The SMILES string of the molecule is COc1csc(C(=O)c2c(F)ccc(Br)c2F)c1. The van der Waals surface area contributed by atoms with E-state index in [1.54, 1.807) is 5.38 Å². The number of carbonyl (C=O) groups is 1. The summed E-state index contributed by atoms with van der Waals surface area (Å²) in [5.41, 5.74) is -0.561. The van der Waals surface area contributed by atoms with Gasteiger partial charge in [0.25, 0.3) is 0 Å². The summed E-state index contributed by atoms with van der Waals surface area (Å²) in [6, 6.07) is 3.72. The molecule has 1 aromatic carbocycles. The van der Waals surface area contributed by atoms with Gasteiger partial charge >= 0.3 is 0 Å². The molecule has 1 aromatic heterocycles. The average Bonchev–Trinajstić information content (AvgIpc) is 2.83. The van der Waals surface area contributed by atoms with Crippen LogP contribution >= 0.6 is 27.3 Å². The van der Waals surface area contributed by atoms with Gasteiger partial charge in [-0.15, -0.1) is 11.3 Å². The van der Waals surface area contributed by atoms with E-state index in [1.165, 1.54) is 19.2 Å². The summed E-state index contributed by atoms with van der Waals surface area (Å²) in [5.74, 6) is -1.99. The maximum absolute atomic E-state index is 13.8. The lowest BCUT2D eigenvalue weighted by atomic mass is 10.1. The number of hydrogen-bond acceptors (Lipinski definition) is 3. The van der Waals surface area contributed by atoms with Gasteiger partial charge in [0, 0.05) is 11.4 Å². The molecule has 0 saturated heterocycles. The van der Waals surface area contributed by atoms with Crippen molar-refractivity contribution >= 4 is 33.0 Å². The van der Waals surface area contributed by atoms with Gasteiger partial charge < -0.3 is 4.74 Å². The number of thiophene rings is 1. The molecule has 0 fully saturated rings. The second-order valence-electron chi connectivity index (χ2n) is 3.40. The van der Waals surface area contributed by atoms with Crippen LogP contribution in [0.3, 0.4) is 0 Å². The minimum atomic E-state index is -0.896. The molecular weight excluding hydrogens is 326 g/mol. The van der Waals surface area contributed by atoms with Crippen LogP contribution < -0.4 is 4.74 Å². The molecule has 6 heteroatoms. The number of methoxy groups -OCH3 is 1. The minimum absolute atomic E-state index is 0.0516. The number of halogens is 3. The molecule has 0 atom stereocenters. The van der Waals surface area contributed by atoms with Crippen molar-refractivity contribution in [2.75, 3.05) is 7.11 Å². The van der Waals surface area contributed by atoms with Gasteiger partial charge in [-0.05, 0) is 28.1 Å². The first-order valence-electron chi connectivity index (χ1n) is 4.85. The molecule has 2 aromatic rings. The molecule has 0 radical (unpaired) electrons. The van der Waals surface area contributed by atoms with Gasteiger partial charge in [0.2, 0.25) is 5.78 Å². The standard InChI is InChI=1S/C12H7BrF2O2S/c1-17-6-4-9(18-5-6)12(16)10-8(14)3-2-7(13)11(10)15/h2-5H,1H3. The zero-order valence-electron chi connectivity index (χ0n) is 9.17. The molecule has 2 rings (SSSR count). The molecule has 0 spiro atoms. The van der Waals surface area contributed by atoms with Crippen LogP contribution in [-0.2, 0) is 0 Å². The first-order valence-corrected chi connectivity index (χ1v) is 6.52. The Morgan fingerprint density at radius 1 is 1.39 bits per heavy atom. The Morgan fingerprint density at radius 3 is 2.72 bits per heavy atom. The van der Waals surface area contributed by atoms with E-state index in [0.717, 1.165) is 17.4 Å². The molecule has 0 bridgehead atoms. The van der Waals surface area contributed by atoms with E-state index in [9.17, 15) is 13.6 Å². The minimum Gasteiger partial charge on any atom is -0.496 e. The number of hydrogen-bond donors (Lipinski definition) is 0. The van der Waals surface area contributed by atoms with E-state index in [-0.39, 0.29) is 9.35 Å². The Labute approximate surface area is 114 Å². The predicted octanol–water partition coefficient (Wildman–Crippen LogP) is 4.03. The Morgan fingerprint density at radius 2 is 2.11 bits per heavy atom. The molecule has 0 aliphatic carbocycles. The molecule has 0 unspecified atom stereocenters. The van der Waals surface area contributed by atoms with Crippen LogP contribution in [0.25, 0.3) is 0 Å². The van der Waals surface area contributed by atoms with Gasteiger partial charge in [-0.3, -0.25) is 4.79 Å². The summed E-state index contributed by atoms with van der Waals surface area (Å²) in [6.45, 7) is 0. The highest BCUT2D eigenvalue weighted by Crippen LogP contribution is 2.28. The van der Waals surface area contributed by atoms with Crippen molar-refractivity contribution in [1.82, 2.24) is 0 Å². The second kappa shape index (κ2) is 5.16. The Hall–Kier alpha value is -1.27. The maximum Gasteiger partial charge on any atom is 0.209 e. The van der Waals surface area contributed by atoms with Crippen molar-refractivity contribution in [3.05, 3.63) is 50.1 Å². The topological polar surface area (TPSA) is 26.3 Å². The van der Waals surface area contributed by atoms with Crippen LogP contribution in [0.15, 0.2) is 28.1 Å². The molecule has 0 aliphatic heterocycles. The molecule has 0 amide bonds. The third-order valence-electron chi connectivity index (χ3n) is 2.31. The van der Waals surface area contributed by atoms with E-state index in [4.69, 9.17) is 4.74 Å². The summed E-state index contributed by atoms with van der Waals surface area (Å²) in [6.07, 6.45) is 0. The molecule has 0 aliphatic rings. The summed E-state index contributed by atoms with van der Waals surface area (Å²) < 4.78 is 32.3. The lowest BCUT2D eigenvalue weighted by Crippen LogP contribution is -2.06. The molecule has 0 N–H and O–H groups in total. The van der Waals surface area contributed by atoms with Gasteiger partial charge in [0.05, 0.1) is 22.0 Å². The van der Waals surface area contributed by atoms with Crippen molar-refractivity contribution in [2.45, 2.75) is 0 Å². The average molecular weight is 333 g/mol. The van der Waals surface area contributed by atoms with E-state index in [1.807, 2.05) is 0 Å². The first kappa shape index (κ1) is 13.2. The normalized spacial score (nSPS) is 10.4. The first-order chi connectivity index (χ1) is 8.54. The Bertz CT molecular complexity index is 610. The molecular formula is C12H7BrF2O2S. The maximum atomic E-state index is 13.8. The third-order valence-corrected chi connectivity index (χ3v) is 3.83. The van der Waals surface area contributed by atoms with Crippen LogP contribution in [0.1, 0.15) is 15.2 Å². The Kier molecular flexibility index (Phi) is 3.77. The van der Waals surface area contributed by atoms with Gasteiger partial charge in [-0.25, -0.2) is 8.78 Å². The number of carbonyl (C=O) groups excluding carboxylic acids is 1. The van der Waals surface area contributed by atoms with Crippen LogP contribution in [0, 0.1) is 11.6 Å². The van der Waals surface area contributed by atoms with Gasteiger partial charge in [-0.1, -0.05) is 0 Å². The van der Waals surface area contributed by atoms with Crippen LogP contribution in [0.4, 0.5) is 8.78 Å². The highest BCUT2D eigenvalue weighted by atomic mass is 79.9. The highest BCUT2D eigenvalue weighted by Gasteiger charge is 2.22. The molecule has 94 valence electrons. The van der Waals surface area contributed by atoms with E-state index in [0.29, 0.717) is 5.75 Å². The van der Waals surface area contributed by atoms with Crippen LogP contribution in [-0.4, -0.2) is 12.9 Å². The highest BCUT2D eigenvalue weighted by molar-refractivity contribution is 9.10. The quantitative estimate of drug-likeness (QED) is 0.626. The van der Waals surface area contributed by atoms with Gasteiger partial charge in [0.1, 0.15) is 11.6 Å². The fourth-order valence-corrected chi connectivity index (χ4v) is 2.53. The van der Waals surface area contributed by atoms with Crippen molar-refractivity contribution in [2.24, 2.45) is 0 Å². The van der Waals surface area contributed by atoms with Crippen molar-refractivity contribution in [3.8, 4) is 5.75 Å². The predicted molar refractivity (Wildman–Crippen MR) is 68.4 cm³/mol. The van der Waals surface area contributed by atoms with Crippen molar-refractivity contribution < 1.29 is 18.3 Å². The summed E-state index contributed by atoms with van der Waals surface area (Å²) in [7, 11) is 1.45. The lowest BCUT2D eigenvalue weighted by molar-refractivity contribution is 0.103. The van der Waals surface area contributed by atoms with E-state index >= 15 is 0 Å². The Balaban J connectivity index is 2.49. The van der Waals surface area contributed by atoms with Crippen molar-refractivity contribution in [3.63, 3.8) is 0 Å². The van der Waals surface area contributed by atoms with E-state index in [2.05, 4.69) is 15.9 Å². The summed E-state index contributed by atoms with van der Waals surface area (Å²) >= 11 is 4.00. The molecule has 0 saturated carbocycles. The van der Waals surface area contributed by atoms with Crippen LogP contribution in [0.5, 0.6) is 5.75 Å². The van der Waals surface area contributed by atoms with Crippen LogP contribution in [0.2, 0.25) is 0 Å². The lowest BCUT2D eigenvalue weighted by Gasteiger charge is -2.03. The van der Waals surface area contributed by atoms with E-state index < -0.39 is 23.0 Å².